The number of hydrogen-bond donors (Lipinski definition) is 1. The van der Waals surface area contributed by atoms with Crippen LogP contribution < -0.4 is 15.2 Å². The van der Waals surface area contributed by atoms with Gasteiger partial charge >= 0.3 is 5.97 Å². The third-order valence-corrected chi connectivity index (χ3v) is 3.08. The van der Waals surface area contributed by atoms with Crippen molar-refractivity contribution in [3.8, 4) is 11.5 Å². The minimum absolute atomic E-state index is 0.0931. The van der Waals surface area contributed by atoms with Gasteiger partial charge in [-0.2, -0.15) is 0 Å². The molecule has 0 aliphatic rings. The predicted octanol–water partition coefficient (Wildman–Crippen LogP) is 2.83. The van der Waals surface area contributed by atoms with E-state index in [-0.39, 0.29) is 12.0 Å². The van der Waals surface area contributed by atoms with Crippen LogP contribution in [0.3, 0.4) is 0 Å². The lowest BCUT2D eigenvalue weighted by Gasteiger charge is -2.19. The van der Waals surface area contributed by atoms with E-state index in [9.17, 15) is 4.79 Å². The summed E-state index contributed by atoms with van der Waals surface area (Å²) in [7, 11) is 1.56. The Morgan fingerprint density at radius 1 is 1.29 bits per heavy atom. The highest BCUT2D eigenvalue weighted by Gasteiger charge is 2.22. The maximum Gasteiger partial charge on any atom is 0.347 e. The van der Waals surface area contributed by atoms with E-state index in [1.807, 2.05) is 26.0 Å². The van der Waals surface area contributed by atoms with Crippen LogP contribution in [0, 0.1) is 0 Å². The van der Waals surface area contributed by atoms with Gasteiger partial charge in [0.15, 0.2) is 17.6 Å². The summed E-state index contributed by atoms with van der Waals surface area (Å²) in [5.74, 6) is 0.737. The quantitative estimate of drug-likeness (QED) is 0.747. The van der Waals surface area contributed by atoms with Crippen LogP contribution in [0.1, 0.15) is 45.2 Å². The number of benzene rings is 1. The highest BCUT2D eigenvalue weighted by Crippen LogP contribution is 2.31. The van der Waals surface area contributed by atoms with E-state index in [1.54, 1.807) is 20.1 Å². The van der Waals surface area contributed by atoms with E-state index in [2.05, 4.69) is 0 Å². The standard InChI is InChI=1S/C16H25NO4/c1-5-7-14(16(18)20-6-2)21-13-9-8-12(11(3)17)10-15(13)19-4/h8-11,14H,5-7,17H2,1-4H3/t11-,14?/m1/s1. The van der Waals surface area contributed by atoms with Crippen LogP contribution in [-0.2, 0) is 9.53 Å². The molecule has 0 aliphatic carbocycles. The molecule has 1 rings (SSSR count). The lowest BCUT2D eigenvalue weighted by molar-refractivity contribution is -0.151. The van der Waals surface area contributed by atoms with E-state index < -0.39 is 6.10 Å². The zero-order chi connectivity index (χ0) is 15.8. The molecular weight excluding hydrogens is 270 g/mol. The van der Waals surface area contributed by atoms with Gasteiger partial charge in [-0.05, 0) is 38.0 Å². The molecule has 0 bridgehead atoms. The Labute approximate surface area is 126 Å². The number of methoxy groups -OCH3 is 1. The van der Waals surface area contributed by atoms with Gasteiger partial charge < -0.3 is 19.9 Å². The molecule has 0 fully saturated rings. The summed E-state index contributed by atoms with van der Waals surface area (Å²) in [6.07, 6.45) is 0.797. The number of carbonyl (C=O) groups is 1. The smallest absolute Gasteiger partial charge is 0.347 e. The van der Waals surface area contributed by atoms with Crippen molar-refractivity contribution >= 4 is 5.97 Å². The lowest BCUT2D eigenvalue weighted by atomic mass is 10.1. The zero-order valence-electron chi connectivity index (χ0n) is 13.2. The second-order valence-electron chi connectivity index (χ2n) is 4.85. The first kappa shape index (κ1) is 17.3. The molecule has 1 aromatic rings. The summed E-state index contributed by atoms with van der Waals surface area (Å²) in [6.45, 7) is 6.00. The summed E-state index contributed by atoms with van der Waals surface area (Å²) in [5, 5.41) is 0. The third kappa shape index (κ3) is 4.93. The van der Waals surface area contributed by atoms with Crippen LogP contribution in [0.4, 0.5) is 0 Å². The molecule has 5 heteroatoms. The molecule has 0 aliphatic heterocycles. The van der Waals surface area contributed by atoms with Gasteiger partial charge in [-0.1, -0.05) is 19.4 Å². The second kappa shape index (κ2) is 8.52. The molecule has 0 saturated carbocycles. The Morgan fingerprint density at radius 3 is 2.52 bits per heavy atom. The van der Waals surface area contributed by atoms with Crippen LogP contribution >= 0.6 is 0 Å². The van der Waals surface area contributed by atoms with Crippen molar-refractivity contribution in [3.63, 3.8) is 0 Å². The Bertz CT molecular complexity index is 460. The van der Waals surface area contributed by atoms with Crippen LogP contribution in [0.5, 0.6) is 11.5 Å². The average Bonchev–Trinajstić information content (AvgIpc) is 2.47. The fraction of sp³-hybridized carbons (Fsp3) is 0.562. The number of rotatable bonds is 8. The summed E-state index contributed by atoms with van der Waals surface area (Å²) < 4.78 is 16.1. The summed E-state index contributed by atoms with van der Waals surface area (Å²) in [4.78, 5) is 11.9. The van der Waals surface area contributed by atoms with Gasteiger partial charge in [0.25, 0.3) is 0 Å². The van der Waals surface area contributed by atoms with Crippen molar-refractivity contribution < 1.29 is 19.0 Å². The molecule has 1 aromatic carbocycles. The lowest BCUT2D eigenvalue weighted by Crippen LogP contribution is -2.29. The van der Waals surface area contributed by atoms with E-state index in [4.69, 9.17) is 19.9 Å². The molecule has 21 heavy (non-hydrogen) atoms. The van der Waals surface area contributed by atoms with Gasteiger partial charge in [0.1, 0.15) is 0 Å². The topological polar surface area (TPSA) is 70.8 Å². The van der Waals surface area contributed by atoms with Gasteiger partial charge in [-0.25, -0.2) is 4.79 Å². The van der Waals surface area contributed by atoms with E-state index in [0.717, 1.165) is 12.0 Å². The largest absolute Gasteiger partial charge is 0.493 e. The number of esters is 1. The summed E-state index contributed by atoms with van der Waals surface area (Å²) in [5.41, 5.74) is 6.80. The third-order valence-electron chi connectivity index (χ3n) is 3.08. The molecule has 0 amide bonds. The monoisotopic (exact) mass is 295 g/mol. The van der Waals surface area contributed by atoms with Crippen molar-refractivity contribution in [1.29, 1.82) is 0 Å². The highest BCUT2D eigenvalue weighted by atomic mass is 16.6. The molecule has 1 unspecified atom stereocenters. The van der Waals surface area contributed by atoms with Crippen LogP contribution in [0.2, 0.25) is 0 Å². The van der Waals surface area contributed by atoms with E-state index >= 15 is 0 Å². The Hall–Kier alpha value is -1.75. The fourth-order valence-corrected chi connectivity index (χ4v) is 1.94. The number of carbonyl (C=O) groups excluding carboxylic acids is 1. The predicted molar refractivity (Wildman–Crippen MR) is 81.6 cm³/mol. The number of ether oxygens (including phenoxy) is 3. The molecule has 0 heterocycles. The SMILES string of the molecule is CCCC(Oc1ccc([C@@H](C)N)cc1OC)C(=O)OCC. The zero-order valence-corrected chi connectivity index (χ0v) is 13.2. The van der Waals surface area contributed by atoms with Crippen molar-refractivity contribution in [1.82, 2.24) is 0 Å². The van der Waals surface area contributed by atoms with E-state index in [0.29, 0.717) is 24.5 Å². The molecule has 2 atom stereocenters. The first-order valence-electron chi connectivity index (χ1n) is 7.30. The van der Waals surface area contributed by atoms with Gasteiger partial charge in [0.05, 0.1) is 13.7 Å². The molecule has 0 spiro atoms. The molecular formula is C16H25NO4. The summed E-state index contributed by atoms with van der Waals surface area (Å²) in [6, 6.07) is 5.38. The van der Waals surface area contributed by atoms with Crippen molar-refractivity contribution in [2.45, 2.75) is 45.8 Å². The van der Waals surface area contributed by atoms with Crippen LogP contribution in [-0.4, -0.2) is 25.8 Å². The highest BCUT2D eigenvalue weighted by molar-refractivity contribution is 5.75. The Kier molecular flexibility index (Phi) is 7.02. The Balaban J connectivity index is 2.94. The summed E-state index contributed by atoms with van der Waals surface area (Å²) >= 11 is 0. The molecule has 5 nitrogen and oxygen atoms in total. The Morgan fingerprint density at radius 2 is 2.00 bits per heavy atom. The van der Waals surface area contributed by atoms with Crippen LogP contribution in [0.25, 0.3) is 0 Å². The molecule has 0 aromatic heterocycles. The first-order valence-corrected chi connectivity index (χ1v) is 7.30. The minimum atomic E-state index is -0.620. The minimum Gasteiger partial charge on any atom is -0.493 e. The maximum atomic E-state index is 11.9. The normalized spacial score (nSPS) is 13.4. The van der Waals surface area contributed by atoms with Crippen LogP contribution in [0.15, 0.2) is 18.2 Å². The maximum absolute atomic E-state index is 11.9. The van der Waals surface area contributed by atoms with Gasteiger partial charge in [0.2, 0.25) is 0 Å². The second-order valence-corrected chi connectivity index (χ2v) is 4.85. The van der Waals surface area contributed by atoms with Gasteiger partial charge in [-0.15, -0.1) is 0 Å². The van der Waals surface area contributed by atoms with E-state index in [1.165, 1.54) is 0 Å². The fourth-order valence-electron chi connectivity index (χ4n) is 1.94. The molecule has 118 valence electrons. The number of hydrogen-bond acceptors (Lipinski definition) is 5. The van der Waals surface area contributed by atoms with Crippen molar-refractivity contribution in [2.75, 3.05) is 13.7 Å². The molecule has 0 saturated heterocycles. The molecule has 2 N–H and O–H groups in total. The molecule has 0 radical (unpaired) electrons. The van der Waals surface area contributed by atoms with Gasteiger partial charge in [-0.3, -0.25) is 0 Å². The first-order chi connectivity index (χ1) is 10.0. The number of nitrogens with two attached hydrogens (primary N) is 1. The van der Waals surface area contributed by atoms with Crippen molar-refractivity contribution in [2.24, 2.45) is 5.73 Å². The van der Waals surface area contributed by atoms with Gasteiger partial charge in [0, 0.05) is 6.04 Å². The van der Waals surface area contributed by atoms with Crippen molar-refractivity contribution in [3.05, 3.63) is 23.8 Å². The average molecular weight is 295 g/mol.